The van der Waals surface area contributed by atoms with Crippen molar-refractivity contribution in [2.24, 2.45) is 7.05 Å². The summed E-state index contributed by atoms with van der Waals surface area (Å²) in [7, 11) is 3.54. The number of aryl methyl sites for hydroxylation is 4. The average molecular weight is 541 g/mol. The summed E-state index contributed by atoms with van der Waals surface area (Å²) in [6.45, 7) is 4.72. The molecule has 1 heterocycles. The zero-order valence-electron chi connectivity index (χ0n) is 23.6. The second-order valence-electron chi connectivity index (χ2n) is 10.4. The molecule has 1 aromatic heterocycles. The first-order valence-corrected chi connectivity index (χ1v) is 13.7. The van der Waals surface area contributed by atoms with Gasteiger partial charge in [-0.05, 0) is 103 Å². The molecule has 0 spiro atoms. The summed E-state index contributed by atoms with van der Waals surface area (Å²) in [5, 5.41) is 13.3. The Morgan fingerprint density at radius 2 is 1.88 bits per heavy atom. The van der Waals surface area contributed by atoms with Crippen LogP contribution in [0.2, 0.25) is 0 Å². The van der Waals surface area contributed by atoms with E-state index < -0.39 is 5.97 Å². The maximum atomic E-state index is 10.9. The predicted octanol–water partition coefficient (Wildman–Crippen LogP) is 6.77. The number of ether oxygens (including phenoxy) is 3. The Morgan fingerprint density at radius 1 is 1.07 bits per heavy atom. The van der Waals surface area contributed by atoms with Gasteiger partial charge < -0.3 is 19.3 Å². The average Bonchev–Trinajstić information content (AvgIpc) is 3.53. The highest BCUT2D eigenvalue weighted by atomic mass is 16.5. The van der Waals surface area contributed by atoms with Crippen molar-refractivity contribution in [3.8, 4) is 28.4 Å². The van der Waals surface area contributed by atoms with Crippen molar-refractivity contribution >= 4 is 5.97 Å². The molecule has 0 amide bonds. The van der Waals surface area contributed by atoms with Crippen molar-refractivity contribution in [2.75, 3.05) is 7.11 Å². The number of carboxylic acids is 1. The van der Waals surface area contributed by atoms with Gasteiger partial charge in [-0.1, -0.05) is 24.3 Å². The Balaban J connectivity index is 1.34. The smallest absolute Gasteiger partial charge is 0.303 e. The van der Waals surface area contributed by atoms with E-state index in [4.69, 9.17) is 19.3 Å². The molecule has 0 radical (unpaired) electrons. The highest BCUT2D eigenvalue weighted by Crippen LogP contribution is 2.43. The third kappa shape index (κ3) is 5.98. The fourth-order valence-corrected chi connectivity index (χ4v) is 5.70. The molecule has 7 nitrogen and oxygen atoms in total. The van der Waals surface area contributed by atoms with Crippen molar-refractivity contribution in [1.29, 1.82) is 0 Å². The summed E-state index contributed by atoms with van der Waals surface area (Å²) in [6, 6.07) is 18.5. The molecule has 4 aromatic rings. The maximum Gasteiger partial charge on any atom is 0.303 e. The molecule has 1 atom stereocenters. The lowest BCUT2D eigenvalue weighted by Crippen LogP contribution is -2.05. The molecule has 7 heteroatoms. The normalized spacial score (nSPS) is 14.2. The summed E-state index contributed by atoms with van der Waals surface area (Å²) in [5.74, 6) is 1.54. The lowest BCUT2D eigenvalue weighted by atomic mass is 9.90. The van der Waals surface area contributed by atoms with Gasteiger partial charge in [0.05, 0.1) is 12.8 Å². The first-order valence-electron chi connectivity index (χ1n) is 13.7. The van der Waals surface area contributed by atoms with Gasteiger partial charge in [-0.2, -0.15) is 5.10 Å². The van der Waals surface area contributed by atoms with Crippen LogP contribution < -0.4 is 14.2 Å². The molecule has 5 rings (SSSR count). The molecule has 0 aliphatic heterocycles. The van der Waals surface area contributed by atoms with Crippen LogP contribution in [0.15, 0.2) is 60.8 Å². The summed E-state index contributed by atoms with van der Waals surface area (Å²) < 4.78 is 19.9. The largest absolute Gasteiger partial charge is 0.496 e. The van der Waals surface area contributed by atoms with Gasteiger partial charge in [0.1, 0.15) is 30.0 Å². The Labute approximate surface area is 235 Å². The van der Waals surface area contributed by atoms with Crippen LogP contribution in [0.1, 0.15) is 58.9 Å². The summed E-state index contributed by atoms with van der Waals surface area (Å²) in [5.41, 5.74) is 9.29. The van der Waals surface area contributed by atoms with Crippen LogP contribution in [0, 0.1) is 13.8 Å². The van der Waals surface area contributed by atoms with E-state index in [1.54, 1.807) is 11.8 Å². The highest BCUT2D eigenvalue weighted by Gasteiger charge is 2.28. The summed E-state index contributed by atoms with van der Waals surface area (Å²) >= 11 is 0. The predicted molar refractivity (Wildman–Crippen MR) is 154 cm³/mol. The van der Waals surface area contributed by atoms with Gasteiger partial charge in [0.15, 0.2) is 0 Å². The molecule has 0 fully saturated rings. The number of rotatable bonds is 11. The van der Waals surface area contributed by atoms with E-state index in [1.807, 2.05) is 37.5 Å². The minimum absolute atomic E-state index is 0.0425. The zero-order chi connectivity index (χ0) is 28.2. The molecule has 208 valence electrons. The topological polar surface area (TPSA) is 82.8 Å². The van der Waals surface area contributed by atoms with E-state index in [-0.39, 0.29) is 12.5 Å². The number of methoxy groups -OCH3 is 1. The molecular weight excluding hydrogens is 504 g/mol. The maximum absolute atomic E-state index is 10.9. The molecule has 1 unspecified atom stereocenters. The first-order chi connectivity index (χ1) is 19.3. The van der Waals surface area contributed by atoms with Gasteiger partial charge in [-0.3, -0.25) is 9.48 Å². The molecule has 1 aliphatic carbocycles. The number of carbonyl (C=O) groups is 1. The van der Waals surface area contributed by atoms with Crippen LogP contribution in [-0.4, -0.2) is 28.0 Å². The van der Waals surface area contributed by atoms with Gasteiger partial charge in [-0.15, -0.1) is 0 Å². The molecule has 0 saturated heterocycles. The Kier molecular flexibility index (Phi) is 8.10. The number of hydrogen-bond donors (Lipinski definition) is 1. The number of aromatic nitrogens is 2. The van der Waals surface area contributed by atoms with Gasteiger partial charge >= 0.3 is 5.97 Å². The van der Waals surface area contributed by atoms with Crippen LogP contribution in [-0.2, 0) is 31.3 Å². The SMILES string of the molecule is COc1cc(OC2CCc3c(-c4c(C)cc(OCc5ccn(C)n5)cc4C)cccc32)ccc1CCCC(=O)O. The highest BCUT2D eigenvalue weighted by molar-refractivity contribution is 5.76. The van der Waals surface area contributed by atoms with Gasteiger partial charge in [0, 0.05) is 25.7 Å². The van der Waals surface area contributed by atoms with Crippen molar-refractivity contribution in [1.82, 2.24) is 9.78 Å². The number of nitrogens with zero attached hydrogens (tertiary/aromatic N) is 2. The molecule has 1 aliphatic rings. The fourth-order valence-electron chi connectivity index (χ4n) is 5.70. The fraction of sp³-hybridized carbons (Fsp3) is 0.333. The molecule has 0 bridgehead atoms. The number of aliphatic carboxylic acids is 1. The Morgan fingerprint density at radius 3 is 2.58 bits per heavy atom. The standard InChI is InChI=1S/C33H36N2O5/c1-21-17-26(39-20-24-15-16-35(3)34-24)18-22(2)33(21)29-9-6-8-28-27(29)13-14-30(28)40-25-12-11-23(31(19-25)38-4)7-5-10-32(36)37/h6,8-9,11-12,15-19,30H,5,7,10,13-14,20H2,1-4H3,(H,36,37). The van der Waals surface area contributed by atoms with Crippen LogP contribution in [0.4, 0.5) is 0 Å². The number of hydrogen-bond acceptors (Lipinski definition) is 5. The first kappa shape index (κ1) is 27.3. The van der Waals surface area contributed by atoms with Crippen molar-refractivity contribution in [3.63, 3.8) is 0 Å². The Hall–Kier alpha value is -4.26. The van der Waals surface area contributed by atoms with Gasteiger partial charge in [0.25, 0.3) is 0 Å². The molecule has 40 heavy (non-hydrogen) atoms. The molecular formula is C33H36N2O5. The van der Waals surface area contributed by atoms with Crippen molar-refractivity contribution in [2.45, 2.75) is 58.7 Å². The van der Waals surface area contributed by atoms with E-state index in [0.29, 0.717) is 19.4 Å². The quantitative estimate of drug-likeness (QED) is 0.226. The third-order valence-electron chi connectivity index (χ3n) is 7.52. The minimum Gasteiger partial charge on any atom is -0.496 e. The Bertz CT molecular complexity index is 1500. The van der Waals surface area contributed by atoms with E-state index in [1.165, 1.54) is 33.4 Å². The number of fused-ring (bicyclic) bond motifs is 1. The summed E-state index contributed by atoms with van der Waals surface area (Å²) in [4.78, 5) is 10.9. The van der Waals surface area contributed by atoms with Crippen molar-refractivity contribution in [3.05, 3.63) is 94.3 Å². The second kappa shape index (κ2) is 11.9. The van der Waals surface area contributed by atoms with Gasteiger partial charge in [-0.25, -0.2) is 0 Å². The second-order valence-corrected chi connectivity index (χ2v) is 10.4. The van der Waals surface area contributed by atoms with E-state index >= 15 is 0 Å². The third-order valence-corrected chi connectivity index (χ3v) is 7.52. The van der Waals surface area contributed by atoms with Crippen LogP contribution in [0.5, 0.6) is 17.2 Å². The minimum atomic E-state index is -0.784. The molecule has 1 N–H and O–H groups in total. The number of benzene rings is 3. The lowest BCUT2D eigenvalue weighted by Gasteiger charge is -2.19. The van der Waals surface area contributed by atoms with Gasteiger partial charge in [0.2, 0.25) is 0 Å². The van der Waals surface area contributed by atoms with Crippen LogP contribution >= 0.6 is 0 Å². The molecule has 0 saturated carbocycles. The zero-order valence-corrected chi connectivity index (χ0v) is 23.6. The lowest BCUT2D eigenvalue weighted by molar-refractivity contribution is -0.137. The molecule has 3 aromatic carbocycles. The van der Waals surface area contributed by atoms with Crippen LogP contribution in [0.3, 0.4) is 0 Å². The van der Waals surface area contributed by atoms with E-state index in [2.05, 4.69) is 49.3 Å². The van der Waals surface area contributed by atoms with Crippen LogP contribution in [0.25, 0.3) is 11.1 Å². The monoisotopic (exact) mass is 540 g/mol. The van der Waals surface area contributed by atoms with E-state index in [9.17, 15) is 4.79 Å². The van der Waals surface area contributed by atoms with Crippen molar-refractivity contribution < 1.29 is 24.1 Å². The van der Waals surface area contributed by atoms with E-state index in [0.717, 1.165) is 41.3 Å². The summed E-state index contributed by atoms with van der Waals surface area (Å²) in [6.07, 6.45) is 5.08. The number of carboxylic acid groups (broad SMARTS) is 1.